The smallest absolute Gasteiger partial charge is 0.299 e. The number of hydrogen-bond acceptors (Lipinski definition) is 3. The van der Waals surface area contributed by atoms with Crippen LogP contribution in [0, 0.1) is 15.2 Å². The first kappa shape index (κ1) is 21.3. The summed E-state index contributed by atoms with van der Waals surface area (Å²) in [7, 11) is -4.06. The highest BCUT2D eigenvalue weighted by atomic mass is 127. The fraction of sp³-hybridized carbons (Fsp3) is 0.222. The molecule has 150 valence electrons. The standard InChI is InChI=1S/C18H17ClF2IN3O2S/c19-13-10-11(22)6-7-14(13)23-15-8-9-16(18(21)17(15)20)25-28(26,27)24-12-4-2-1-3-5-12/h2,4,6-10,12,23-25H,1,3,5H2. The van der Waals surface area contributed by atoms with Gasteiger partial charge >= 0.3 is 0 Å². The van der Waals surface area contributed by atoms with Gasteiger partial charge in [-0.15, -0.1) is 0 Å². The van der Waals surface area contributed by atoms with Crippen LogP contribution in [0.2, 0.25) is 5.02 Å². The van der Waals surface area contributed by atoms with E-state index in [1.807, 2.05) is 10.8 Å². The normalized spacial score (nSPS) is 16.8. The number of hydrogen-bond donors (Lipinski definition) is 3. The van der Waals surface area contributed by atoms with Gasteiger partial charge in [0.1, 0.15) is 0 Å². The molecule has 3 N–H and O–H groups in total. The number of benzene rings is 2. The number of rotatable bonds is 6. The Morgan fingerprint density at radius 1 is 1.07 bits per heavy atom. The maximum absolute atomic E-state index is 14.4. The zero-order valence-corrected chi connectivity index (χ0v) is 18.2. The number of nitrogens with one attached hydrogen (secondary N) is 3. The second-order valence-corrected chi connectivity index (χ2v) is 9.33. The number of anilines is 3. The van der Waals surface area contributed by atoms with Crippen molar-refractivity contribution in [1.82, 2.24) is 4.72 Å². The van der Waals surface area contributed by atoms with E-state index >= 15 is 0 Å². The number of halogens is 4. The molecule has 3 rings (SSSR count). The molecule has 0 radical (unpaired) electrons. The molecule has 0 saturated carbocycles. The van der Waals surface area contributed by atoms with Crippen molar-refractivity contribution in [3.8, 4) is 0 Å². The molecular formula is C18H17ClF2IN3O2S. The fourth-order valence-corrected chi connectivity index (χ4v) is 4.75. The van der Waals surface area contributed by atoms with Gasteiger partial charge in [0.2, 0.25) is 0 Å². The summed E-state index contributed by atoms with van der Waals surface area (Å²) in [5.74, 6) is -2.52. The third-order valence-electron chi connectivity index (χ3n) is 4.09. The highest BCUT2D eigenvalue weighted by Gasteiger charge is 2.21. The monoisotopic (exact) mass is 539 g/mol. The topological polar surface area (TPSA) is 70.2 Å². The van der Waals surface area contributed by atoms with Crippen LogP contribution in [0.5, 0.6) is 0 Å². The molecule has 1 unspecified atom stereocenters. The molecule has 0 aromatic heterocycles. The molecule has 0 saturated heterocycles. The van der Waals surface area contributed by atoms with Crippen molar-refractivity contribution >= 4 is 61.5 Å². The maximum atomic E-state index is 14.4. The Kier molecular flexibility index (Phi) is 6.79. The summed E-state index contributed by atoms with van der Waals surface area (Å²) in [6.45, 7) is 0. The van der Waals surface area contributed by atoms with Gasteiger partial charge in [-0.1, -0.05) is 23.8 Å². The van der Waals surface area contributed by atoms with Crippen LogP contribution in [0.1, 0.15) is 19.3 Å². The molecule has 5 nitrogen and oxygen atoms in total. The predicted molar refractivity (Wildman–Crippen MR) is 116 cm³/mol. The molecule has 2 aromatic rings. The van der Waals surface area contributed by atoms with Crippen LogP contribution in [0.25, 0.3) is 0 Å². The lowest BCUT2D eigenvalue weighted by Crippen LogP contribution is -2.38. The van der Waals surface area contributed by atoms with Gasteiger partial charge in [-0.25, -0.2) is 8.78 Å². The molecule has 0 aliphatic heterocycles. The molecule has 1 atom stereocenters. The van der Waals surface area contributed by atoms with Crippen molar-refractivity contribution in [3.63, 3.8) is 0 Å². The predicted octanol–water partition coefficient (Wildman–Crippen LogP) is 5.32. The largest absolute Gasteiger partial charge is 0.352 e. The van der Waals surface area contributed by atoms with E-state index < -0.39 is 27.5 Å². The third kappa shape index (κ3) is 5.34. The first-order valence-corrected chi connectivity index (χ1v) is 11.4. The average Bonchev–Trinajstić information content (AvgIpc) is 2.63. The Morgan fingerprint density at radius 3 is 2.43 bits per heavy atom. The molecule has 0 bridgehead atoms. The van der Waals surface area contributed by atoms with E-state index in [0.717, 1.165) is 22.5 Å². The van der Waals surface area contributed by atoms with Crippen molar-refractivity contribution in [2.45, 2.75) is 25.3 Å². The van der Waals surface area contributed by atoms with Gasteiger partial charge in [0.15, 0.2) is 11.6 Å². The van der Waals surface area contributed by atoms with Crippen LogP contribution < -0.4 is 14.8 Å². The second-order valence-electron chi connectivity index (χ2n) is 6.23. The van der Waals surface area contributed by atoms with Crippen molar-refractivity contribution in [2.24, 2.45) is 0 Å². The van der Waals surface area contributed by atoms with Gasteiger partial charge < -0.3 is 5.32 Å². The van der Waals surface area contributed by atoms with Crippen LogP contribution in [-0.4, -0.2) is 14.5 Å². The van der Waals surface area contributed by atoms with Crippen LogP contribution in [0.3, 0.4) is 0 Å². The maximum Gasteiger partial charge on any atom is 0.299 e. The SMILES string of the molecule is O=S(=O)(Nc1ccc(Nc2ccc(I)cc2Cl)c(F)c1F)NC1C=CCCC1. The van der Waals surface area contributed by atoms with Gasteiger partial charge in [-0.2, -0.15) is 13.1 Å². The minimum atomic E-state index is -4.06. The van der Waals surface area contributed by atoms with Crippen molar-refractivity contribution in [2.75, 3.05) is 10.0 Å². The van der Waals surface area contributed by atoms with Crippen molar-refractivity contribution in [1.29, 1.82) is 0 Å². The van der Waals surface area contributed by atoms with E-state index in [1.165, 1.54) is 6.07 Å². The van der Waals surface area contributed by atoms with Crippen LogP contribution in [-0.2, 0) is 10.2 Å². The number of allylic oxidation sites excluding steroid dienone is 1. The molecule has 1 aliphatic rings. The van der Waals surface area contributed by atoms with Crippen LogP contribution >= 0.6 is 34.2 Å². The van der Waals surface area contributed by atoms with E-state index in [2.05, 4.69) is 32.6 Å². The summed E-state index contributed by atoms with van der Waals surface area (Å²) in [4.78, 5) is 0. The molecule has 0 spiro atoms. The van der Waals surface area contributed by atoms with E-state index in [4.69, 9.17) is 11.6 Å². The summed E-state index contributed by atoms with van der Waals surface area (Å²) in [6, 6.07) is 7.09. The Morgan fingerprint density at radius 2 is 1.75 bits per heavy atom. The van der Waals surface area contributed by atoms with Gasteiger partial charge in [0.25, 0.3) is 10.2 Å². The molecule has 10 heteroatoms. The highest BCUT2D eigenvalue weighted by molar-refractivity contribution is 14.1. The lowest BCUT2D eigenvalue weighted by atomic mass is 10.0. The summed E-state index contributed by atoms with van der Waals surface area (Å²) in [6.07, 6.45) is 6.02. The van der Waals surface area contributed by atoms with Gasteiger partial charge in [0.05, 0.1) is 22.1 Å². The summed E-state index contributed by atoms with van der Waals surface area (Å²) < 4.78 is 58.6. The lowest BCUT2D eigenvalue weighted by molar-refractivity contribution is 0.514. The van der Waals surface area contributed by atoms with E-state index in [-0.39, 0.29) is 11.7 Å². The minimum absolute atomic E-state index is 0.160. The zero-order valence-electron chi connectivity index (χ0n) is 14.5. The molecule has 0 fully saturated rings. The third-order valence-corrected chi connectivity index (χ3v) is 6.17. The van der Waals surface area contributed by atoms with E-state index in [0.29, 0.717) is 17.1 Å². The Balaban J connectivity index is 1.77. The first-order valence-electron chi connectivity index (χ1n) is 8.42. The fourth-order valence-electron chi connectivity index (χ4n) is 2.74. The highest BCUT2D eigenvalue weighted by Crippen LogP contribution is 2.31. The second kappa shape index (κ2) is 8.93. The van der Waals surface area contributed by atoms with Crippen molar-refractivity contribution < 1.29 is 17.2 Å². The quantitative estimate of drug-likeness (QED) is 0.344. The molecule has 0 amide bonds. The zero-order chi connectivity index (χ0) is 20.3. The van der Waals surface area contributed by atoms with Crippen molar-refractivity contribution in [3.05, 3.63) is 62.7 Å². The average molecular weight is 540 g/mol. The lowest BCUT2D eigenvalue weighted by Gasteiger charge is -2.19. The Hall–Kier alpha value is -1.43. The van der Waals surface area contributed by atoms with Gasteiger partial charge in [0, 0.05) is 9.61 Å². The first-order chi connectivity index (χ1) is 13.2. The van der Waals surface area contributed by atoms with Gasteiger partial charge in [-0.3, -0.25) is 4.72 Å². The summed E-state index contributed by atoms with van der Waals surface area (Å²) in [5.41, 5.74) is -0.241. The van der Waals surface area contributed by atoms with E-state index in [9.17, 15) is 17.2 Å². The van der Waals surface area contributed by atoms with E-state index in [1.54, 1.807) is 24.3 Å². The summed E-state index contributed by atoms with van der Waals surface area (Å²) >= 11 is 8.17. The van der Waals surface area contributed by atoms with Gasteiger partial charge in [-0.05, 0) is 72.2 Å². The molecule has 28 heavy (non-hydrogen) atoms. The molecular weight excluding hydrogens is 523 g/mol. The molecule has 0 heterocycles. The Labute approximate surface area is 180 Å². The summed E-state index contributed by atoms with van der Waals surface area (Å²) in [5, 5.41) is 3.06. The molecule has 1 aliphatic carbocycles. The van der Waals surface area contributed by atoms with Crippen LogP contribution in [0.4, 0.5) is 25.8 Å². The minimum Gasteiger partial charge on any atom is -0.352 e. The van der Waals surface area contributed by atoms with Crippen LogP contribution in [0.15, 0.2) is 42.5 Å². The molecule has 2 aromatic carbocycles. The Bertz CT molecular complexity index is 1020.